The van der Waals surface area contributed by atoms with Gasteiger partial charge in [0.25, 0.3) is 0 Å². The predicted octanol–water partition coefficient (Wildman–Crippen LogP) is 3.65. The fourth-order valence-electron chi connectivity index (χ4n) is 3.21. The zero-order valence-electron chi connectivity index (χ0n) is 15.4. The number of aromatic carboxylic acids is 1. The van der Waals surface area contributed by atoms with Gasteiger partial charge in [0, 0.05) is 42.4 Å². The summed E-state index contributed by atoms with van der Waals surface area (Å²) in [6.45, 7) is 5.54. The number of thiazole rings is 1. The number of hydrogen-bond donors (Lipinski definition) is 2. The number of likely N-dealkylation sites (tertiary alicyclic amines) is 1. The van der Waals surface area contributed by atoms with Crippen molar-refractivity contribution in [3.63, 3.8) is 0 Å². The van der Waals surface area contributed by atoms with Crippen molar-refractivity contribution >= 4 is 40.7 Å². The fourth-order valence-corrected chi connectivity index (χ4v) is 5.01. The maximum atomic E-state index is 12.2. The molecule has 0 unspecified atom stereocenters. The zero-order chi connectivity index (χ0) is 19.4. The predicted molar refractivity (Wildman–Crippen MR) is 109 cm³/mol. The third-order valence-electron chi connectivity index (χ3n) is 4.62. The number of amides is 1. The number of anilines is 1. The Balaban J connectivity index is 1.52. The molecule has 1 aromatic heterocycles. The topological polar surface area (TPSA) is 82.5 Å². The third kappa shape index (κ3) is 5.01. The summed E-state index contributed by atoms with van der Waals surface area (Å²) >= 11 is 2.83. The van der Waals surface area contributed by atoms with E-state index < -0.39 is 5.97 Å². The van der Waals surface area contributed by atoms with Crippen LogP contribution in [0, 0.1) is 13.8 Å². The lowest BCUT2D eigenvalue weighted by Crippen LogP contribution is -2.39. The number of hydrogen-bond acceptors (Lipinski definition) is 6. The molecular formula is C19H23N3O3S2. The zero-order valence-corrected chi connectivity index (χ0v) is 17.0. The number of carbonyl (C=O) groups is 2. The van der Waals surface area contributed by atoms with E-state index in [1.54, 1.807) is 5.38 Å². The van der Waals surface area contributed by atoms with Gasteiger partial charge < -0.3 is 15.3 Å². The summed E-state index contributed by atoms with van der Waals surface area (Å²) in [5, 5.41) is 14.0. The van der Waals surface area contributed by atoms with Gasteiger partial charge in [-0.05, 0) is 31.9 Å². The number of benzene rings is 1. The molecular weight excluding hydrogens is 382 g/mol. The largest absolute Gasteiger partial charge is 0.476 e. The Hall–Kier alpha value is -2.06. The standard InChI is InChI=1S/C19H23N3O3S2/c1-12-3-5-15(13(2)9-12)20-10-14-4-6-17(23)22(14)7-8-26-19-21-16(11-27-19)18(24)25/h3,5,9,11,14,20H,4,6-8,10H2,1-2H3,(H,24,25)/t14-/m1/s1. The number of aromatic nitrogens is 1. The van der Waals surface area contributed by atoms with Crippen molar-refractivity contribution < 1.29 is 14.7 Å². The summed E-state index contributed by atoms with van der Waals surface area (Å²) < 4.78 is 0.726. The Morgan fingerprint density at radius 2 is 2.26 bits per heavy atom. The molecule has 0 radical (unpaired) electrons. The van der Waals surface area contributed by atoms with E-state index in [0.717, 1.165) is 23.0 Å². The minimum atomic E-state index is -1.01. The minimum Gasteiger partial charge on any atom is -0.476 e. The molecule has 2 N–H and O–H groups in total. The number of aryl methyl sites for hydroxylation is 2. The highest BCUT2D eigenvalue weighted by molar-refractivity contribution is 8.01. The fraction of sp³-hybridized carbons (Fsp3) is 0.421. The summed E-state index contributed by atoms with van der Waals surface area (Å²) in [5.41, 5.74) is 3.63. The van der Waals surface area contributed by atoms with Gasteiger partial charge in [0.1, 0.15) is 0 Å². The van der Waals surface area contributed by atoms with E-state index in [4.69, 9.17) is 5.11 Å². The normalized spacial score (nSPS) is 16.7. The average molecular weight is 406 g/mol. The molecule has 0 spiro atoms. The van der Waals surface area contributed by atoms with Gasteiger partial charge in [0.05, 0.1) is 0 Å². The van der Waals surface area contributed by atoms with Crippen molar-refractivity contribution in [2.24, 2.45) is 0 Å². The second kappa shape index (κ2) is 8.75. The lowest BCUT2D eigenvalue weighted by Gasteiger charge is -2.25. The van der Waals surface area contributed by atoms with Gasteiger partial charge in [-0.3, -0.25) is 4.79 Å². The molecule has 1 aliphatic heterocycles. The number of nitrogens with zero attached hydrogens (tertiary/aromatic N) is 2. The summed E-state index contributed by atoms with van der Waals surface area (Å²) in [4.78, 5) is 29.1. The monoisotopic (exact) mass is 405 g/mol. The van der Waals surface area contributed by atoms with Crippen molar-refractivity contribution in [3.05, 3.63) is 40.4 Å². The number of carbonyl (C=O) groups excluding carboxylic acids is 1. The molecule has 1 atom stereocenters. The number of carboxylic acid groups (broad SMARTS) is 1. The first kappa shape index (κ1) is 19.7. The molecule has 2 aromatic rings. The molecule has 1 fully saturated rings. The first-order valence-corrected chi connectivity index (χ1v) is 10.7. The molecule has 1 aromatic carbocycles. The van der Waals surface area contributed by atoms with Crippen LogP contribution in [0.25, 0.3) is 0 Å². The van der Waals surface area contributed by atoms with Crippen molar-refractivity contribution in [2.45, 2.75) is 37.1 Å². The van der Waals surface area contributed by atoms with Gasteiger partial charge >= 0.3 is 5.97 Å². The Kier molecular flexibility index (Phi) is 6.38. The Morgan fingerprint density at radius 1 is 1.44 bits per heavy atom. The first-order chi connectivity index (χ1) is 12.9. The number of rotatable bonds is 8. The van der Waals surface area contributed by atoms with Gasteiger partial charge in [-0.1, -0.05) is 29.5 Å². The highest BCUT2D eigenvalue weighted by atomic mass is 32.2. The van der Waals surface area contributed by atoms with E-state index in [2.05, 4.69) is 42.3 Å². The van der Waals surface area contributed by atoms with Crippen LogP contribution in [0.1, 0.15) is 34.5 Å². The van der Waals surface area contributed by atoms with Crippen LogP contribution in [0.15, 0.2) is 27.9 Å². The van der Waals surface area contributed by atoms with Gasteiger partial charge in [-0.15, -0.1) is 11.3 Å². The molecule has 1 saturated heterocycles. The van der Waals surface area contributed by atoms with Crippen LogP contribution < -0.4 is 5.32 Å². The Bertz CT molecular complexity index is 837. The molecule has 1 amide bonds. The van der Waals surface area contributed by atoms with E-state index in [1.165, 1.54) is 34.2 Å². The van der Waals surface area contributed by atoms with Crippen molar-refractivity contribution in [1.82, 2.24) is 9.88 Å². The summed E-state index contributed by atoms with van der Waals surface area (Å²) in [6.07, 6.45) is 1.45. The van der Waals surface area contributed by atoms with Crippen molar-refractivity contribution in [2.75, 3.05) is 24.2 Å². The van der Waals surface area contributed by atoms with E-state index in [0.29, 0.717) is 18.7 Å². The summed E-state index contributed by atoms with van der Waals surface area (Å²) in [7, 11) is 0. The van der Waals surface area contributed by atoms with Gasteiger partial charge in [0.15, 0.2) is 10.0 Å². The number of nitrogens with one attached hydrogen (secondary N) is 1. The molecule has 27 heavy (non-hydrogen) atoms. The second-order valence-corrected chi connectivity index (χ2v) is 8.83. The summed E-state index contributed by atoms with van der Waals surface area (Å²) in [5.74, 6) is -0.114. The van der Waals surface area contributed by atoms with Crippen LogP contribution in [0.5, 0.6) is 0 Å². The molecule has 144 valence electrons. The molecule has 0 aliphatic carbocycles. The van der Waals surface area contributed by atoms with Crippen LogP contribution in [-0.2, 0) is 4.79 Å². The Labute approximate surface area is 167 Å². The van der Waals surface area contributed by atoms with Gasteiger partial charge in [-0.25, -0.2) is 9.78 Å². The molecule has 2 heterocycles. The quantitative estimate of drug-likeness (QED) is 0.653. The molecule has 0 bridgehead atoms. The van der Waals surface area contributed by atoms with Crippen LogP contribution in [-0.4, -0.2) is 51.8 Å². The van der Waals surface area contributed by atoms with E-state index >= 15 is 0 Å². The SMILES string of the molecule is Cc1ccc(NC[C@H]2CCC(=O)N2CCSc2nc(C(=O)O)cs2)c(C)c1. The van der Waals surface area contributed by atoms with Crippen LogP contribution in [0.4, 0.5) is 5.69 Å². The third-order valence-corrected chi connectivity index (χ3v) is 6.62. The number of carboxylic acids is 1. The number of thioether (sulfide) groups is 1. The molecule has 3 rings (SSSR count). The van der Waals surface area contributed by atoms with E-state index in [-0.39, 0.29) is 17.6 Å². The van der Waals surface area contributed by atoms with Crippen LogP contribution in [0.3, 0.4) is 0 Å². The molecule has 6 nitrogen and oxygen atoms in total. The van der Waals surface area contributed by atoms with Crippen molar-refractivity contribution in [3.8, 4) is 0 Å². The highest BCUT2D eigenvalue weighted by Gasteiger charge is 2.30. The smallest absolute Gasteiger partial charge is 0.355 e. The average Bonchev–Trinajstić information content (AvgIpc) is 3.22. The second-order valence-electron chi connectivity index (χ2n) is 6.63. The lowest BCUT2D eigenvalue weighted by atomic mass is 10.1. The maximum Gasteiger partial charge on any atom is 0.355 e. The molecule has 8 heteroatoms. The van der Waals surface area contributed by atoms with E-state index in [9.17, 15) is 9.59 Å². The van der Waals surface area contributed by atoms with Crippen molar-refractivity contribution in [1.29, 1.82) is 0 Å². The molecule has 1 aliphatic rings. The van der Waals surface area contributed by atoms with Gasteiger partial charge in [-0.2, -0.15) is 0 Å². The molecule has 0 saturated carbocycles. The van der Waals surface area contributed by atoms with Gasteiger partial charge in [0.2, 0.25) is 5.91 Å². The first-order valence-electron chi connectivity index (χ1n) is 8.86. The van der Waals surface area contributed by atoms with Crippen LogP contribution >= 0.6 is 23.1 Å². The van der Waals surface area contributed by atoms with Crippen LogP contribution in [0.2, 0.25) is 0 Å². The summed E-state index contributed by atoms with van der Waals surface area (Å²) in [6, 6.07) is 6.51. The minimum absolute atomic E-state index is 0.0790. The van der Waals surface area contributed by atoms with E-state index in [1.807, 2.05) is 4.90 Å². The Morgan fingerprint density at radius 3 is 2.96 bits per heavy atom. The lowest BCUT2D eigenvalue weighted by molar-refractivity contribution is -0.128. The maximum absolute atomic E-state index is 12.2. The highest BCUT2D eigenvalue weighted by Crippen LogP contribution is 2.25.